The van der Waals surface area contributed by atoms with E-state index in [1.807, 2.05) is 0 Å². The topological polar surface area (TPSA) is 88.7 Å². The molecule has 1 aromatic carbocycles. The van der Waals surface area contributed by atoms with Crippen LogP contribution in [0.1, 0.15) is 47.4 Å². The molecule has 2 N–H and O–H groups in total. The highest BCUT2D eigenvalue weighted by Gasteiger charge is 2.38. The molecule has 29 heavy (non-hydrogen) atoms. The van der Waals surface area contributed by atoms with Crippen molar-refractivity contribution in [1.82, 2.24) is 9.88 Å². The van der Waals surface area contributed by atoms with E-state index in [1.54, 1.807) is 44.3 Å². The van der Waals surface area contributed by atoms with Crippen LogP contribution in [0.5, 0.6) is 0 Å². The fourth-order valence-electron chi connectivity index (χ4n) is 3.21. The number of halogens is 1. The van der Waals surface area contributed by atoms with Crippen LogP contribution in [0.2, 0.25) is 0 Å². The van der Waals surface area contributed by atoms with Crippen LogP contribution in [0.4, 0.5) is 4.39 Å². The summed E-state index contributed by atoms with van der Waals surface area (Å²) in [6, 6.07) is 7.75. The molecule has 0 saturated heterocycles. The van der Waals surface area contributed by atoms with Crippen LogP contribution >= 0.6 is 0 Å². The molecule has 0 spiro atoms. The third kappa shape index (κ3) is 4.16. The number of Topliss-reactive ketones (excluding diaryl/α,β-unsaturated/α-hetero) is 1. The number of guanidine groups is 1. The number of aromatic nitrogens is 1. The predicted octanol–water partition coefficient (Wildman–Crippen LogP) is 2.41. The van der Waals surface area contributed by atoms with Gasteiger partial charge in [0.15, 0.2) is 11.7 Å². The van der Waals surface area contributed by atoms with Crippen LogP contribution in [-0.2, 0) is 16.8 Å². The number of amides is 1. The molecule has 0 saturated carbocycles. The molecule has 0 aliphatic carbocycles. The van der Waals surface area contributed by atoms with Gasteiger partial charge in [0, 0.05) is 30.8 Å². The van der Waals surface area contributed by atoms with Gasteiger partial charge in [-0.15, -0.1) is 5.92 Å². The van der Waals surface area contributed by atoms with Crippen LogP contribution in [-0.4, -0.2) is 34.6 Å². The molecular weight excluding hydrogens is 371 g/mol. The number of rotatable bonds is 4. The third-order valence-electron chi connectivity index (χ3n) is 4.87. The summed E-state index contributed by atoms with van der Waals surface area (Å²) in [5.74, 6) is 4.72. The first-order valence-electron chi connectivity index (χ1n) is 9.06. The summed E-state index contributed by atoms with van der Waals surface area (Å²) in [4.78, 5) is 34.5. The monoisotopic (exact) mass is 392 g/mol. The lowest BCUT2D eigenvalue weighted by molar-refractivity contribution is -0.128. The fraction of sp³-hybridized carbons (Fsp3) is 0.273. The van der Waals surface area contributed by atoms with E-state index in [1.165, 1.54) is 18.0 Å². The van der Waals surface area contributed by atoms with Gasteiger partial charge in [0.1, 0.15) is 11.5 Å². The van der Waals surface area contributed by atoms with E-state index in [0.717, 1.165) is 5.56 Å². The van der Waals surface area contributed by atoms with E-state index in [9.17, 15) is 14.0 Å². The summed E-state index contributed by atoms with van der Waals surface area (Å²) in [7, 11) is 1.52. The largest absolute Gasteiger partial charge is 0.369 e. The Hall–Kier alpha value is -3.53. The first-order valence-corrected chi connectivity index (χ1v) is 9.06. The highest BCUT2D eigenvalue weighted by atomic mass is 19.1. The van der Waals surface area contributed by atoms with Gasteiger partial charge in [-0.2, -0.15) is 0 Å². The molecule has 2 aromatic rings. The van der Waals surface area contributed by atoms with Crippen LogP contribution in [0.25, 0.3) is 0 Å². The zero-order chi connectivity index (χ0) is 21.2. The van der Waals surface area contributed by atoms with Crippen molar-refractivity contribution in [3.8, 4) is 11.8 Å². The molecule has 1 aliphatic rings. The van der Waals surface area contributed by atoms with Crippen molar-refractivity contribution in [1.29, 1.82) is 0 Å². The normalized spacial score (nSPS) is 18.7. The number of nitrogens with zero attached hydrogens (tertiary/aromatic N) is 3. The molecule has 148 valence electrons. The lowest BCUT2D eigenvalue weighted by Gasteiger charge is -2.34. The second kappa shape index (κ2) is 7.84. The Labute approximate surface area is 168 Å². The Morgan fingerprint density at radius 1 is 1.34 bits per heavy atom. The maximum Gasteiger partial charge on any atom is 0.231 e. The molecular formula is C22H21FN4O2. The molecule has 0 bridgehead atoms. The molecule has 1 amide bonds. The van der Waals surface area contributed by atoms with E-state index in [2.05, 4.69) is 21.8 Å². The Kier molecular flexibility index (Phi) is 5.46. The number of aliphatic imine (C=N–C) groups is 1. The first kappa shape index (κ1) is 20.2. The second-order valence-electron chi connectivity index (χ2n) is 7.09. The smallest absolute Gasteiger partial charge is 0.231 e. The molecule has 6 nitrogen and oxygen atoms in total. The maximum atomic E-state index is 14.6. The number of pyridine rings is 1. The fourth-order valence-corrected chi connectivity index (χ4v) is 3.21. The molecule has 0 unspecified atom stereocenters. The van der Waals surface area contributed by atoms with Crippen molar-refractivity contribution in [3.63, 3.8) is 0 Å². The number of ketones is 1. The lowest BCUT2D eigenvalue weighted by atomic mass is 9.85. The lowest BCUT2D eigenvalue weighted by Crippen LogP contribution is -2.47. The van der Waals surface area contributed by atoms with Gasteiger partial charge in [0.2, 0.25) is 5.91 Å². The number of benzene rings is 1. The van der Waals surface area contributed by atoms with Gasteiger partial charge in [0.05, 0.1) is 12.0 Å². The van der Waals surface area contributed by atoms with E-state index < -0.39 is 11.4 Å². The highest BCUT2D eigenvalue weighted by Crippen LogP contribution is 2.35. The highest BCUT2D eigenvalue weighted by molar-refractivity contribution is 5.99. The zero-order valence-corrected chi connectivity index (χ0v) is 16.5. The molecule has 1 aliphatic heterocycles. The Bertz CT molecular complexity index is 1070. The van der Waals surface area contributed by atoms with E-state index in [0.29, 0.717) is 11.3 Å². The maximum absolute atomic E-state index is 14.6. The summed E-state index contributed by atoms with van der Waals surface area (Å²) >= 11 is 0. The summed E-state index contributed by atoms with van der Waals surface area (Å²) in [6.45, 7) is 3.38. The van der Waals surface area contributed by atoms with Gasteiger partial charge in [-0.25, -0.2) is 9.38 Å². The van der Waals surface area contributed by atoms with Gasteiger partial charge in [-0.1, -0.05) is 12.0 Å². The summed E-state index contributed by atoms with van der Waals surface area (Å²) in [6.07, 6.45) is 1.57. The standard InChI is InChI=1S/C22H21FN4O2/c1-4-5-14-7-9-18(25-13-14)19(28)11-15-6-8-17(23)16(10-15)22(2)12-20(29)27(3)21(24)26-22/h6-10,13H,11-12H2,1-3H3,(H2,24,26)/t22-/m0/s1. The molecule has 3 rings (SSSR count). The number of carbonyl (C=O) groups is 2. The SMILES string of the molecule is CC#Cc1ccc(C(=O)Cc2ccc(F)c([C@]3(C)CC(=O)N(C)C(N)=N3)c2)nc1. The van der Waals surface area contributed by atoms with Crippen molar-refractivity contribution in [2.45, 2.75) is 32.2 Å². The van der Waals surface area contributed by atoms with Crippen molar-refractivity contribution < 1.29 is 14.0 Å². The Balaban J connectivity index is 1.88. The minimum atomic E-state index is -1.13. The Morgan fingerprint density at radius 3 is 2.72 bits per heavy atom. The van der Waals surface area contributed by atoms with Crippen LogP contribution in [0, 0.1) is 17.7 Å². The summed E-state index contributed by atoms with van der Waals surface area (Å²) in [5, 5.41) is 0. The summed E-state index contributed by atoms with van der Waals surface area (Å²) < 4.78 is 14.6. The minimum Gasteiger partial charge on any atom is -0.369 e. The third-order valence-corrected chi connectivity index (χ3v) is 4.87. The van der Waals surface area contributed by atoms with Crippen LogP contribution < -0.4 is 5.73 Å². The van der Waals surface area contributed by atoms with Gasteiger partial charge in [0.25, 0.3) is 0 Å². The number of hydrogen-bond donors (Lipinski definition) is 1. The van der Waals surface area contributed by atoms with E-state index >= 15 is 0 Å². The van der Waals surface area contributed by atoms with Gasteiger partial charge in [-0.3, -0.25) is 19.5 Å². The predicted molar refractivity (Wildman–Crippen MR) is 108 cm³/mol. The number of carbonyl (C=O) groups excluding carboxylic acids is 2. The number of nitrogens with two attached hydrogens (primary N) is 1. The molecule has 1 atom stereocenters. The zero-order valence-electron chi connectivity index (χ0n) is 16.5. The van der Waals surface area contributed by atoms with Crippen molar-refractivity contribution in [3.05, 3.63) is 64.7 Å². The van der Waals surface area contributed by atoms with Gasteiger partial charge < -0.3 is 5.73 Å². The molecule has 7 heteroatoms. The van der Waals surface area contributed by atoms with Crippen LogP contribution in [0.3, 0.4) is 0 Å². The average molecular weight is 392 g/mol. The first-order chi connectivity index (χ1) is 13.7. The molecule has 2 heterocycles. The quantitative estimate of drug-likeness (QED) is 0.639. The minimum absolute atomic E-state index is 0.0139. The summed E-state index contributed by atoms with van der Waals surface area (Å²) in [5.41, 5.74) is 6.56. The van der Waals surface area contributed by atoms with Gasteiger partial charge >= 0.3 is 0 Å². The Morgan fingerprint density at radius 2 is 2.10 bits per heavy atom. The number of hydrogen-bond acceptors (Lipinski definition) is 5. The molecule has 0 fully saturated rings. The molecule has 1 aromatic heterocycles. The van der Waals surface area contributed by atoms with E-state index in [-0.39, 0.29) is 36.1 Å². The van der Waals surface area contributed by atoms with Crippen LogP contribution in [0.15, 0.2) is 41.5 Å². The van der Waals surface area contributed by atoms with Crippen molar-refractivity contribution in [2.24, 2.45) is 10.7 Å². The van der Waals surface area contributed by atoms with Crippen molar-refractivity contribution in [2.75, 3.05) is 7.05 Å². The van der Waals surface area contributed by atoms with Gasteiger partial charge in [-0.05, 0) is 43.7 Å². The van der Waals surface area contributed by atoms with Crippen molar-refractivity contribution >= 4 is 17.6 Å². The second-order valence-corrected chi connectivity index (χ2v) is 7.09. The molecule has 0 radical (unpaired) electrons. The van der Waals surface area contributed by atoms with E-state index in [4.69, 9.17) is 5.73 Å². The average Bonchev–Trinajstić information content (AvgIpc) is 2.68.